The molecule has 4 N–H and O–H groups in total. The van der Waals surface area contributed by atoms with Gasteiger partial charge in [0.25, 0.3) is 0 Å². The molecule has 0 radical (unpaired) electrons. The molecule has 2 unspecified atom stereocenters. The van der Waals surface area contributed by atoms with Gasteiger partial charge < -0.3 is 39.4 Å². The molecule has 1 fully saturated rings. The van der Waals surface area contributed by atoms with Gasteiger partial charge in [-0.05, 0) is 38.5 Å². The Labute approximate surface area is 284 Å². The smallest absolute Gasteiger partial charge is 0.306 e. The highest BCUT2D eigenvalue weighted by Crippen LogP contribution is 2.22. The molecule has 0 bridgehead atoms. The number of esters is 2. The summed E-state index contributed by atoms with van der Waals surface area (Å²) in [7, 11) is 0. The lowest BCUT2D eigenvalue weighted by molar-refractivity contribution is -0.305. The maximum atomic E-state index is 12.6. The van der Waals surface area contributed by atoms with Crippen molar-refractivity contribution in [3.8, 4) is 0 Å². The van der Waals surface area contributed by atoms with Gasteiger partial charge >= 0.3 is 11.9 Å². The van der Waals surface area contributed by atoms with E-state index < -0.39 is 49.4 Å². The Balaban J connectivity index is 2.36. The van der Waals surface area contributed by atoms with Crippen molar-refractivity contribution in [1.29, 1.82) is 0 Å². The van der Waals surface area contributed by atoms with Gasteiger partial charge in [0.1, 0.15) is 31.0 Å². The maximum absolute atomic E-state index is 12.6. The van der Waals surface area contributed by atoms with Gasteiger partial charge in [0.2, 0.25) is 0 Å². The van der Waals surface area contributed by atoms with Crippen molar-refractivity contribution in [2.24, 2.45) is 0 Å². The zero-order chi connectivity index (χ0) is 34.5. The number of allylic oxidation sites excluding steroid dienone is 2. The van der Waals surface area contributed by atoms with Crippen LogP contribution in [0.3, 0.4) is 0 Å². The fourth-order valence-electron chi connectivity index (χ4n) is 5.59. The third-order valence-electron chi connectivity index (χ3n) is 8.65. The number of unbranched alkanes of at least 4 members (excludes halogenated alkanes) is 17. The summed E-state index contributed by atoms with van der Waals surface area (Å²) >= 11 is 0. The van der Waals surface area contributed by atoms with Crippen molar-refractivity contribution in [2.45, 2.75) is 192 Å². The predicted molar refractivity (Wildman–Crippen MR) is 183 cm³/mol. The summed E-state index contributed by atoms with van der Waals surface area (Å²) in [4.78, 5) is 25.0. The van der Waals surface area contributed by atoms with Crippen molar-refractivity contribution >= 4 is 11.9 Å². The zero-order valence-corrected chi connectivity index (χ0v) is 29.5. The Kier molecular flexibility index (Phi) is 27.2. The van der Waals surface area contributed by atoms with Crippen LogP contribution in [0.15, 0.2) is 12.2 Å². The van der Waals surface area contributed by atoms with E-state index in [0.717, 1.165) is 51.4 Å². The topological polar surface area (TPSA) is 152 Å². The van der Waals surface area contributed by atoms with Crippen LogP contribution < -0.4 is 0 Å². The molecule has 47 heavy (non-hydrogen) atoms. The quantitative estimate of drug-likeness (QED) is 0.0381. The summed E-state index contributed by atoms with van der Waals surface area (Å²) in [6, 6.07) is 0. The van der Waals surface area contributed by atoms with Crippen LogP contribution in [-0.4, -0.2) is 89.0 Å². The summed E-state index contributed by atoms with van der Waals surface area (Å²) in [5.74, 6) is -0.817. The van der Waals surface area contributed by atoms with Crippen molar-refractivity contribution in [3.63, 3.8) is 0 Å². The van der Waals surface area contributed by atoms with Crippen LogP contribution in [0.25, 0.3) is 0 Å². The molecule has 0 amide bonds. The molecule has 1 saturated heterocycles. The predicted octanol–water partition coefficient (Wildman–Crippen LogP) is 6.44. The number of aliphatic hydroxyl groups excluding tert-OH is 4. The number of rotatable bonds is 30. The van der Waals surface area contributed by atoms with Gasteiger partial charge in [0.15, 0.2) is 12.4 Å². The molecule has 0 spiro atoms. The number of carbonyl (C=O) groups excluding carboxylic acids is 2. The normalized spacial score (nSPS) is 22.0. The maximum Gasteiger partial charge on any atom is 0.306 e. The molecule has 0 aromatic rings. The molecule has 10 nitrogen and oxygen atoms in total. The van der Waals surface area contributed by atoms with E-state index in [1.807, 2.05) is 0 Å². The third kappa shape index (κ3) is 21.9. The molecule has 0 aliphatic carbocycles. The number of carbonyl (C=O) groups is 2. The Morgan fingerprint density at radius 1 is 0.638 bits per heavy atom. The minimum absolute atomic E-state index is 0.216. The van der Waals surface area contributed by atoms with Crippen molar-refractivity contribution in [1.82, 2.24) is 0 Å². The average Bonchev–Trinajstić information content (AvgIpc) is 3.06. The van der Waals surface area contributed by atoms with E-state index in [2.05, 4.69) is 26.0 Å². The van der Waals surface area contributed by atoms with Gasteiger partial charge in [-0.25, -0.2) is 0 Å². The summed E-state index contributed by atoms with van der Waals surface area (Å²) < 4.78 is 21.9. The first-order chi connectivity index (χ1) is 22.8. The third-order valence-corrected chi connectivity index (χ3v) is 8.65. The second-order valence-corrected chi connectivity index (χ2v) is 13.0. The first-order valence-corrected chi connectivity index (χ1v) is 18.8. The second-order valence-electron chi connectivity index (χ2n) is 13.0. The molecule has 0 saturated carbocycles. The molecular formula is C37H68O10. The zero-order valence-electron chi connectivity index (χ0n) is 29.5. The number of hydrogen-bond donors (Lipinski definition) is 4. The van der Waals surface area contributed by atoms with Crippen molar-refractivity contribution in [3.05, 3.63) is 12.2 Å². The van der Waals surface area contributed by atoms with Crippen LogP contribution in [0.2, 0.25) is 0 Å². The molecule has 1 aliphatic heterocycles. The van der Waals surface area contributed by atoms with Gasteiger partial charge in [0.05, 0.1) is 13.2 Å². The van der Waals surface area contributed by atoms with Crippen LogP contribution in [0.5, 0.6) is 0 Å². The molecule has 0 aromatic carbocycles. The van der Waals surface area contributed by atoms with Crippen LogP contribution in [0.4, 0.5) is 0 Å². The molecular weight excluding hydrogens is 604 g/mol. The molecule has 0 aromatic heterocycles. The van der Waals surface area contributed by atoms with Crippen LogP contribution >= 0.6 is 0 Å². The van der Waals surface area contributed by atoms with E-state index in [4.69, 9.17) is 18.9 Å². The summed E-state index contributed by atoms with van der Waals surface area (Å²) in [5.41, 5.74) is 0. The first-order valence-electron chi connectivity index (χ1n) is 18.8. The Morgan fingerprint density at radius 2 is 1.13 bits per heavy atom. The number of aliphatic hydroxyl groups is 4. The lowest BCUT2D eigenvalue weighted by Crippen LogP contribution is -2.59. The van der Waals surface area contributed by atoms with Crippen molar-refractivity contribution in [2.75, 3.05) is 19.8 Å². The molecule has 1 aliphatic rings. The number of ether oxygens (including phenoxy) is 4. The first kappa shape index (κ1) is 43.5. The molecule has 10 heteroatoms. The molecule has 1 rings (SSSR count). The van der Waals surface area contributed by atoms with E-state index in [0.29, 0.717) is 6.42 Å². The Bertz CT molecular complexity index is 789. The molecule has 6 atom stereocenters. The van der Waals surface area contributed by atoms with Crippen LogP contribution in [-0.2, 0) is 28.5 Å². The van der Waals surface area contributed by atoms with E-state index in [1.54, 1.807) is 0 Å². The Hall–Kier alpha value is -1.56. The fourth-order valence-corrected chi connectivity index (χ4v) is 5.59. The number of hydrogen-bond acceptors (Lipinski definition) is 10. The van der Waals surface area contributed by atoms with E-state index in [-0.39, 0.29) is 32.0 Å². The van der Waals surface area contributed by atoms with Gasteiger partial charge in [-0.3, -0.25) is 9.59 Å². The highest BCUT2D eigenvalue weighted by molar-refractivity contribution is 5.70. The monoisotopic (exact) mass is 672 g/mol. The average molecular weight is 673 g/mol. The lowest BCUT2D eigenvalue weighted by atomic mass is 9.99. The summed E-state index contributed by atoms with van der Waals surface area (Å²) in [5, 5.41) is 39.8. The fraction of sp³-hybridized carbons (Fsp3) is 0.892. The molecule has 1 heterocycles. The van der Waals surface area contributed by atoms with Gasteiger partial charge in [0, 0.05) is 12.8 Å². The van der Waals surface area contributed by atoms with Crippen LogP contribution in [0.1, 0.15) is 155 Å². The minimum atomic E-state index is -1.59. The van der Waals surface area contributed by atoms with Crippen LogP contribution in [0, 0.1) is 0 Å². The van der Waals surface area contributed by atoms with E-state index in [1.165, 1.54) is 70.6 Å². The summed E-state index contributed by atoms with van der Waals surface area (Å²) in [6.07, 6.45) is 19.6. The highest BCUT2D eigenvalue weighted by atomic mass is 16.7. The standard InChI is InChI=1S/C37H68O10/c1-3-5-7-9-11-12-13-14-15-16-17-18-20-21-23-25-32(39)44-28-30(46-33(40)26-24-22-19-10-8-6-4-2)29-45-37-36(43)35(42)34(41)31(27-38)47-37/h12-13,30-31,34-38,41-43H,3-11,14-29H2,1-2H3/b13-12+/t30-,31-,34+,35?,36?,37-/m0/s1. The van der Waals surface area contributed by atoms with Crippen molar-refractivity contribution < 1.29 is 49.0 Å². The highest BCUT2D eigenvalue weighted by Gasteiger charge is 2.44. The van der Waals surface area contributed by atoms with E-state index in [9.17, 15) is 30.0 Å². The van der Waals surface area contributed by atoms with Gasteiger partial charge in [-0.15, -0.1) is 0 Å². The SMILES string of the molecule is CCCCCC/C=C/CCCCCCCCCC(=O)OC[C@@H](CO[C@H]1O[C@@H](CO)[C@@H](O)C(O)C1O)OC(=O)CCCCCCCCC. The molecule has 276 valence electrons. The lowest BCUT2D eigenvalue weighted by Gasteiger charge is -2.39. The van der Waals surface area contributed by atoms with Gasteiger partial charge in [-0.1, -0.05) is 116 Å². The second kappa shape index (κ2) is 29.4. The van der Waals surface area contributed by atoms with Gasteiger partial charge in [-0.2, -0.15) is 0 Å². The Morgan fingerprint density at radius 3 is 1.68 bits per heavy atom. The largest absolute Gasteiger partial charge is 0.462 e. The van der Waals surface area contributed by atoms with E-state index >= 15 is 0 Å². The minimum Gasteiger partial charge on any atom is -0.462 e. The summed E-state index contributed by atoms with van der Waals surface area (Å²) in [6.45, 7) is 3.33.